The molecular formula is C12H14ClN5OS. The number of aryl methyl sites for hydroxylation is 1. The molecule has 1 saturated heterocycles. The van der Waals surface area contributed by atoms with Crippen LogP contribution in [0.15, 0.2) is 10.3 Å². The van der Waals surface area contributed by atoms with E-state index in [1.165, 1.54) is 11.3 Å². The van der Waals surface area contributed by atoms with Gasteiger partial charge in [0, 0.05) is 26.2 Å². The summed E-state index contributed by atoms with van der Waals surface area (Å²) in [5.41, 5.74) is 2.29. The number of halogens is 1. The van der Waals surface area contributed by atoms with Crippen LogP contribution in [0, 0.1) is 6.92 Å². The highest BCUT2D eigenvalue weighted by atomic mass is 35.5. The number of nitrogens with one attached hydrogen (secondary N) is 2. The standard InChI is InChI=1S/C12H14ClN5OS/c1-7-9(20-6-15-7)10-16-11(8(13)12(19)17-10)18-4-2-14-3-5-18/h6,14H,2-5H2,1H3,(H,16,17,19). The molecule has 3 rings (SSSR count). The van der Waals surface area contributed by atoms with Gasteiger partial charge < -0.3 is 15.2 Å². The van der Waals surface area contributed by atoms with Gasteiger partial charge in [-0.1, -0.05) is 11.6 Å². The highest BCUT2D eigenvalue weighted by Crippen LogP contribution is 2.27. The average Bonchev–Trinajstić information content (AvgIpc) is 2.89. The Morgan fingerprint density at radius 1 is 1.40 bits per heavy atom. The molecule has 0 aliphatic carbocycles. The molecule has 2 aromatic heterocycles. The first-order valence-corrected chi connectivity index (χ1v) is 7.58. The monoisotopic (exact) mass is 311 g/mol. The van der Waals surface area contributed by atoms with Gasteiger partial charge in [0.25, 0.3) is 5.56 Å². The number of piperazine rings is 1. The number of aromatic nitrogens is 3. The summed E-state index contributed by atoms with van der Waals surface area (Å²) in [5, 5.41) is 3.41. The van der Waals surface area contributed by atoms with Crippen molar-refractivity contribution in [2.75, 3.05) is 31.1 Å². The molecule has 2 N–H and O–H groups in total. The first-order chi connectivity index (χ1) is 9.66. The Bertz CT molecular complexity index is 677. The molecule has 0 bridgehead atoms. The molecule has 0 amide bonds. The lowest BCUT2D eigenvalue weighted by Gasteiger charge is -2.28. The molecule has 1 aliphatic heterocycles. The Morgan fingerprint density at radius 3 is 2.80 bits per heavy atom. The second kappa shape index (κ2) is 5.51. The predicted octanol–water partition coefficient (Wildman–Crippen LogP) is 1.26. The van der Waals surface area contributed by atoms with Crippen molar-refractivity contribution in [3.63, 3.8) is 0 Å². The summed E-state index contributed by atoms with van der Waals surface area (Å²) in [5.74, 6) is 1.09. The number of thiazole rings is 1. The number of nitrogens with zero attached hydrogens (tertiary/aromatic N) is 3. The maximum atomic E-state index is 12.0. The van der Waals surface area contributed by atoms with E-state index in [1.54, 1.807) is 5.51 Å². The van der Waals surface area contributed by atoms with Crippen molar-refractivity contribution in [1.82, 2.24) is 20.3 Å². The van der Waals surface area contributed by atoms with E-state index in [4.69, 9.17) is 11.6 Å². The zero-order chi connectivity index (χ0) is 14.1. The first-order valence-electron chi connectivity index (χ1n) is 6.33. The van der Waals surface area contributed by atoms with Gasteiger partial charge in [-0.05, 0) is 6.92 Å². The third kappa shape index (κ3) is 2.44. The van der Waals surface area contributed by atoms with E-state index >= 15 is 0 Å². The van der Waals surface area contributed by atoms with Gasteiger partial charge in [0.05, 0.1) is 16.1 Å². The van der Waals surface area contributed by atoms with Crippen molar-refractivity contribution in [3.05, 3.63) is 26.6 Å². The molecular weight excluding hydrogens is 298 g/mol. The van der Waals surface area contributed by atoms with Gasteiger partial charge >= 0.3 is 0 Å². The third-order valence-corrected chi connectivity index (χ3v) is 4.50. The summed E-state index contributed by atoms with van der Waals surface area (Å²) in [7, 11) is 0. The summed E-state index contributed by atoms with van der Waals surface area (Å²) < 4.78 is 0. The predicted molar refractivity (Wildman–Crippen MR) is 80.8 cm³/mol. The van der Waals surface area contributed by atoms with Gasteiger partial charge in [-0.3, -0.25) is 4.79 Å². The quantitative estimate of drug-likeness (QED) is 0.873. The second-order valence-electron chi connectivity index (χ2n) is 4.56. The van der Waals surface area contributed by atoms with Crippen LogP contribution < -0.4 is 15.8 Å². The number of aromatic amines is 1. The fourth-order valence-corrected chi connectivity index (χ4v) is 3.13. The molecule has 0 spiro atoms. The fourth-order valence-electron chi connectivity index (χ4n) is 2.17. The van der Waals surface area contributed by atoms with Crippen LogP contribution in [-0.2, 0) is 0 Å². The van der Waals surface area contributed by atoms with E-state index in [0.29, 0.717) is 11.6 Å². The summed E-state index contributed by atoms with van der Waals surface area (Å²) in [6, 6.07) is 0. The molecule has 0 saturated carbocycles. The van der Waals surface area contributed by atoms with Gasteiger partial charge in [0.1, 0.15) is 5.02 Å². The molecule has 1 aliphatic rings. The molecule has 0 radical (unpaired) electrons. The summed E-state index contributed by atoms with van der Waals surface area (Å²) in [6.07, 6.45) is 0. The summed E-state index contributed by atoms with van der Waals surface area (Å²) in [6.45, 7) is 5.19. The Labute approximate surface area is 124 Å². The first kappa shape index (κ1) is 13.5. The molecule has 0 atom stereocenters. The lowest BCUT2D eigenvalue weighted by molar-refractivity contribution is 0.584. The number of hydrogen-bond donors (Lipinski definition) is 2. The van der Waals surface area contributed by atoms with E-state index in [1.807, 2.05) is 11.8 Å². The fraction of sp³-hybridized carbons (Fsp3) is 0.417. The highest BCUT2D eigenvalue weighted by Gasteiger charge is 2.19. The Morgan fingerprint density at radius 2 is 2.15 bits per heavy atom. The van der Waals surface area contributed by atoms with E-state index < -0.39 is 0 Å². The van der Waals surface area contributed by atoms with Crippen LogP contribution in [0.25, 0.3) is 10.7 Å². The maximum Gasteiger partial charge on any atom is 0.272 e. The van der Waals surface area contributed by atoms with Crippen LogP contribution >= 0.6 is 22.9 Å². The number of hydrogen-bond acceptors (Lipinski definition) is 6. The molecule has 3 heterocycles. The van der Waals surface area contributed by atoms with Gasteiger partial charge in [-0.25, -0.2) is 9.97 Å². The summed E-state index contributed by atoms with van der Waals surface area (Å²) in [4.78, 5) is 26.4. The number of rotatable bonds is 2. The molecule has 8 heteroatoms. The number of anilines is 1. The smallest absolute Gasteiger partial charge is 0.272 e. The minimum absolute atomic E-state index is 0.151. The molecule has 20 heavy (non-hydrogen) atoms. The Balaban J connectivity index is 2.08. The average molecular weight is 312 g/mol. The minimum atomic E-state index is -0.307. The van der Waals surface area contributed by atoms with Crippen LogP contribution in [0.2, 0.25) is 5.02 Å². The molecule has 6 nitrogen and oxygen atoms in total. The van der Waals surface area contributed by atoms with Crippen molar-refractivity contribution in [1.29, 1.82) is 0 Å². The third-order valence-electron chi connectivity index (χ3n) is 3.22. The van der Waals surface area contributed by atoms with Crippen molar-refractivity contribution in [3.8, 4) is 10.7 Å². The van der Waals surface area contributed by atoms with Crippen LogP contribution in [-0.4, -0.2) is 41.1 Å². The summed E-state index contributed by atoms with van der Waals surface area (Å²) >= 11 is 7.57. The van der Waals surface area contributed by atoms with E-state index in [2.05, 4.69) is 20.3 Å². The molecule has 0 aromatic carbocycles. The van der Waals surface area contributed by atoms with Crippen LogP contribution in [0.1, 0.15) is 5.69 Å². The zero-order valence-corrected chi connectivity index (χ0v) is 12.5. The normalized spacial score (nSPS) is 15.6. The topological polar surface area (TPSA) is 73.9 Å². The van der Waals surface area contributed by atoms with Crippen molar-refractivity contribution < 1.29 is 0 Å². The molecule has 2 aromatic rings. The van der Waals surface area contributed by atoms with Crippen LogP contribution in [0.4, 0.5) is 5.82 Å². The molecule has 1 fully saturated rings. The zero-order valence-electron chi connectivity index (χ0n) is 10.9. The van der Waals surface area contributed by atoms with E-state index in [9.17, 15) is 4.79 Å². The van der Waals surface area contributed by atoms with Gasteiger partial charge in [0.15, 0.2) is 11.6 Å². The Hall–Kier alpha value is -1.44. The maximum absolute atomic E-state index is 12.0. The van der Waals surface area contributed by atoms with Crippen LogP contribution in [0.3, 0.4) is 0 Å². The number of H-pyrrole nitrogens is 1. The lowest BCUT2D eigenvalue weighted by Crippen LogP contribution is -2.44. The van der Waals surface area contributed by atoms with E-state index in [0.717, 1.165) is 36.8 Å². The van der Waals surface area contributed by atoms with Gasteiger partial charge in [-0.15, -0.1) is 11.3 Å². The van der Waals surface area contributed by atoms with Crippen molar-refractivity contribution in [2.45, 2.75) is 6.92 Å². The van der Waals surface area contributed by atoms with E-state index in [-0.39, 0.29) is 10.6 Å². The van der Waals surface area contributed by atoms with Gasteiger partial charge in [0.2, 0.25) is 0 Å². The van der Waals surface area contributed by atoms with Crippen molar-refractivity contribution in [2.24, 2.45) is 0 Å². The molecule has 106 valence electrons. The second-order valence-corrected chi connectivity index (χ2v) is 5.79. The SMILES string of the molecule is Cc1ncsc1-c1nc(N2CCNCC2)c(Cl)c(=O)[nH]1. The molecule has 0 unspecified atom stereocenters. The Kier molecular flexibility index (Phi) is 3.73. The highest BCUT2D eigenvalue weighted by molar-refractivity contribution is 7.13. The lowest BCUT2D eigenvalue weighted by atomic mass is 10.3. The minimum Gasteiger partial charge on any atom is -0.353 e. The largest absolute Gasteiger partial charge is 0.353 e. The van der Waals surface area contributed by atoms with Crippen LogP contribution in [0.5, 0.6) is 0 Å². The van der Waals surface area contributed by atoms with Crippen molar-refractivity contribution >= 4 is 28.8 Å². The van der Waals surface area contributed by atoms with Gasteiger partial charge in [-0.2, -0.15) is 0 Å².